The summed E-state index contributed by atoms with van der Waals surface area (Å²) in [4.78, 5) is 15.7. The van der Waals surface area contributed by atoms with Crippen LogP contribution in [-0.2, 0) is 16.1 Å². The van der Waals surface area contributed by atoms with Gasteiger partial charge in [-0.15, -0.1) is 11.8 Å². The predicted octanol–water partition coefficient (Wildman–Crippen LogP) is 4.47. The van der Waals surface area contributed by atoms with Crippen LogP contribution in [-0.4, -0.2) is 54.6 Å². The lowest BCUT2D eigenvalue weighted by atomic mass is 10.1. The number of ether oxygens (including phenoxy) is 2. The van der Waals surface area contributed by atoms with Crippen LogP contribution in [0, 0.1) is 5.82 Å². The number of rotatable bonds is 11. The van der Waals surface area contributed by atoms with E-state index in [1.165, 1.54) is 25.0 Å². The van der Waals surface area contributed by atoms with Crippen LogP contribution < -0.4 is 5.32 Å². The average Bonchev–Trinajstić information content (AvgIpc) is 3.58. The molecule has 1 N–H and O–H groups in total. The smallest absolute Gasteiger partial charge is 0.407 e. The van der Waals surface area contributed by atoms with Crippen molar-refractivity contribution in [1.82, 2.24) is 10.2 Å². The van der Waals surface area contributed by atoms with Crippen LogP contribution in [0.15, 0.2) is 59.5 Å². The predicted molar refractivity (Wildman–Crippen MR) is 120 cm³/mol. The number of amides is 1. The molecule has 0 aromatic heterocycles. The monoisotopic (exact) mass is 444 g/mol. The van der Waals surface area contributed by atoms with Gasteiger partial charge in [0.05, 0.1) is 12.2 Å². The van der Waals surface area contributed by atoms with Crippen molar-refractivity contribution in [2.24, 2.45) is 0 Å². The maximum absolute atomic E-state index is 13.2. The average molecular weight is 445 g/mol. The number of thioether (sulfide) groups is 1. The molecule has 1 aliphatic heterocycles. The van der Waals surface area contributed by atoms with Gasteiger partial charge in [0, 0.05) is 36.3 Å². The molecule has 4 rings (SSSR count). The van der Waals surface area contributed by atoms with Gasteiger partial charge in [0.2, 0.25) is 0 Å². The van der Waals surface area contributed by atoms with Crippen LogP contribution >= 0.6 is 11.8 Å². The largest absolute Gasteiger partial charge is 0.445 e. The van der Waals surface area contributed by atoms with Crippen LogP contribution in [0.1, 0.15) is 24.8 Å². The van der Waals surface area contributed by atoms with Gasteiger partial charge in [0.25, 0.3) is 0 Å². The molecule has 1 atom stereocenters. The Hall–Kier alpha value is -2.09. The first-order chi connectivity index (χ1) is 15.1. The molecule has 1 saturated heterocycles. The van der Waals surface area contributed by atoms with Gasteiger partial charge in [-0.05, 0) is 49.1 Å². The third-order valence-corrected chi connectivity index (χ3v) is 6.60. The van der Waals surface area contributed by atoms with Crippen molar-refractivity contribution in [2.75, 3.05) is 25.4 Å². The summed E-state index contributed by atoms with van der Waals surface area (Å²) in [5.74, 6) is 0.450. The molecule has 2 aliphatic rings. The molecule has 2 fully saturated rings. The van der Waals surface area contributed by atoms with Crippen molar-refractivity contribution in [3.05, 3.63) is 66.0 Å². The molecule has 0 radical (unpaired) electrons. The Kier molecular flexibility index (Phi) is 7.83. The molecule has 0 spiro atoms. The summed E-state index contributed by atoms with van der Waals surface area (Å²) in [7, 11) is 0. The van der Waals surface area contributed by atoms with E-state index in [4.69, 9.17) is 9.47 Å². The van der Waals surface area contributed by atoms with E-state index in [1.807, 2.05) is 30.3 Å². The Bertz CT molecular complexity index is 826. The van der Waals surface area contributed by atoms with Gasteiger partial charge in [-0.1, -0.05) is 30.3 Å². The van der Waals surface area contributed by atoms with Crippen LogP contribution in [0.25, 0.3) is 0 Å². The Labute approximate surface area is 187 Å². The fraction of sp³-hybridized carbons (Fsp3) is 0.458. The van der Waals surface area contributed by atoms with E-state index in [2.05, 4.69) is 10.2 Å². The highest BCUT2D eigenvalue weighted by Gasteiger charge is 2.33. The van der Waals surface area contributed by atoms with Crippen LogP contribution in [0.4, 0.5) is 9.18 Å². The van der Waals surface area contributed by atoms with Crippen molar-refractivity contribution in [3.63, 3.8) is 0 Å². The second kappa shape index (κ2) is 11.0. The Morgan fingerprint density at radius 3 is 2.55 bits per heavy atom. The maximum atomic E-state index is 13.2. The summed E-state index contributed by atoms with van der Waals surface area (Å²) in [5.41, 5.74) is 0.956. The highest BCUT2D eigenvalue weighted by molar-refractivity contribution is 7.99. The standard InChI is InChI=1S/C24H29FN2O3S/c25-19-6-10-23(11-7-19)31-17-20(12-13-27-14-22(15-27)30-21-8-9-21)26-24(28)29-16-18-4-2-1-3-5-18/h1-7,10-11,20-22H,8-9,12-17H2,(H,26,28)/t20-/m1/s1. The number of nitrogens with one attached hydrogen (secondary N) is 1. The van der Waals surface area contributed by atoms with Crippen molar-refractivity contribution in [1.29, 1.82) is 0 Å². The van der Waals surface area contributed by atoms with E-state index in [0.29, 0.717) is 18.0 Å². The first-order valence-electron chi connectivity index (χ1n) is 10.9. The topological polar surface area (TPSA) is 50.8 Å². The van der Waals surface area contributed by atoms with Gasteiger partial charge < -0.3 is 14.8 Å². The summed E-state index contributed by atoms with van der Waals surface area (Å²) < 4.78 is 24.5. The number of carbonyl (C=O) groups is 1. The Balaban J connectivity index is 1.23. The van der Waals surface area contributed by atoms with Gasteiger partial charge >= 0.3 is 6.09 Å². The number of alkyl carbamates (subject to hydrolysis) is 1. The van der Waals surface area contributed by atoms with Gasteiger partial charge in [0.1, 0.15) is 12.4 Å². The zero-order valence-corrected chi connectivity index (χ0v) is 18.4. The van der Waals surface area contributed by atoms with E-state index in [9.17, 15) is 9.18 Å². The van der Waals surface area contributed by atoms with Gasteiger partial charge in [-0.3, -0.25) is 4.90 Å². The molecular weight excluding hydrogens is 415 g/mol. The minimum absolute atomic E-state index is 0.0401. The van der Waals surface area contributed by atoms with Crippen molar-refractivity contribution >= 4 is 17.9 Å². The second-order valence-electron chi connectivity index (χ2n) is 8.17. The fourth-order valence-corrected chi connectivity index (χ4v) is 4.43. The number of benzene rings is 2. The molecule has 0 unspecified atom stereocenters. The molecule has 166 valence electrons. The van der Waals surface area contributed by atoms with E-state index in [1.54, 1.807) is 23.9 Å². The molecule has 0 bridgehead atoms. The highest BCUT2D eigenvalue weighted by Crippen LogP contribution is 2.28. The van der Waals surface area contributed by atoms with E-state index >= 15 is 0 Å². The zero-order chi connectivity index (χ0) is 21.5. The lowest BCUT2D eigenvalue weighted by Crippen LogP contribution is -2.53. The zero-order valence-electron chi connectivity index (χ0n) is 17.5. The fourth-order valence-electron chi connectivity index (χ4n) is 3.46. The van der Waals surface area contributed by atoms with Crippen molar-refractivity contribution < 1.29 is 18.7 Å². The number of likely N-dealkylation sites (tertiary alicyclic amines) is 1. The van der Waals surface area contributed by atoms with Gasteiger partial charge in [0.15, 0.2) is 0 Å². The lowest BCUT2D eigenvalue weighted by Gasteiger charge is -2.39. The molecule has 2 aromatic carbocycles. The number of carbonyl (C=O) groups excluding carboxylic acids is 1. The summed E-state index contributed by atoms with van der Waals surface area (Å²) in [6, 6.07) is 16.0. The Morgan fingerprint density at radius 2 is 1.84 bits per heavy atom. The van der Waals surface area contributed by atoms with Crippen LogP contribution in [0.3, 0.4) is 0 Å². The van der Waals surface area contributed by atoms with Crippen molar-refractivity contribution in [2.45, 2.75) is 49.0 Å². The summed E-state index contributed by atoms with van der Waals surface area (Å²) >= 11 is 1.61. The molecule has 2 aromatic rings. The summed E-state index contributed by atoms with van der Waals surface area (Å²) in [6.45, 7) is 3.08. The normalized spacial score (nSPS) is 17.7. The molecule has 31 heavy (non-hydrogen) atoms. The first kappa shape index (κ1) is 22.1. The minimum Gasteiger partial charge on any atom is -0.445 e. The third-order valence-electron chi connectivity index (χ3n) is 5.43. The van der Waals surface area contributed by atoms with E-state index in [-0.39, 0.29) is 18.5 Å². The van der Waals surface area contributed by atoms with Gasteiger partial charge in [-0.25, -0.2) is 9.18 Å². The minimum atomic E-state index is -0.410. The SMILES string of the molecule is O=C(N[C@H](CCN1CC(OC2CC2)C1)CSc1ccc(F)cc1)OCc1ccccc1. The number of hydrogen-bond donors (Lipinski definition) is 1. The number of hydrogen-bond acceptors (Lipinski definition) is 5. The molecular formula is C24H29FN2O3S. The number of halogens is 1. The van der Waals surface area contributed by atoms with Gasteiger partial charge in [-0.2, -0.15) is 0 Å². The van der Waals surface area contributed by atoms with Crippen LogP contribution in [0.2, 0.25) is 0 Å². The molecule has 1 amide bonds. The molecule has 1 heterocycles. The lowest BCUT2D eigenvalue weighted by molar-refractivity contribution is -0.0631. The summed E-state index contributed by atoms with van der Waals surface area (Å²) in [5, 5.41) is 3.01. The van der Waals surface area contributed by atoms with E-state index in [0.717, 1.165) is 36.5 Å². The molecule has 1 aliphatic carbocycles. The first-order valence-corrected chi connectivity index (χ1v) is 11.9. The second-order valence-corrected chi connectivity index (χ2v) is 9.27. The molecule has 5 nitrogen and oxygen atoms in total. The quantitative estimate of drug-likeness (QED) is 0.519. The molecule has 7 heteroatoms. The maximum Gasteiger partial charge on any atom is 0.407 e. The molecule has 1 saturated carbocycles. The highest BCUT2D eigenvalue weighted by atomic mass is 32.2. The Morgan fingerprint density at radius 1 is 1.10 bits per heavy atom. The number of nitrogens with zero attached hydrogens (tertiary/aromatic N) is 1. The third kappa shape index (κ3) is 7.52. The van der Waals surface area contributed by atoms with Crippen LogP contribution in [0.5, 0.6) is 0 Å². The van der Waals surface area contributed by atoms with Crippen molar-refractivity contribution in [3.8, 4) is 0 Å². The summed E-state index contributed by atoms with van der Waals surface area (Å²) in [6.07, 6.45) is 3.68. The van der Waals surface area contributed by atoms with E-state index < -0.39 is 6.09 Å².